The van der Waals surface area contributed by atoms with Crippen molar-refractivity contribution in [2.24, 2.45) is 0 Å². The minimum Gasteiger partial charge on any atom is -0.352 e. The Hall–Kier alpha value is -0.123. The summed E-state index contributed by atoms with van der Waals surface area (Å²) >= 11 is 0. The van der Waals surface area contributed by atoms with Gasteiger partial charge in [0.25, 0.3) is 0 Å². The molecule has 0 aliphatic rings. The van der Waals surface area contributed by atoms with Gasteiger partial charge < -0.3 is 9.47 Å². The van der Waals surface area contributed by atoms with Crippen LogP contribution < -0.4 is 0 Å². The fourth-order valence-corrected chi connectivity index (χ4v) is 1.86. The van der Waals surface area contributed by atoms with E-state index in [0.29, 0.717) is 13.2 Å². The first kappa shape index (κ1) is 11.9. The fourth-order valence-electron chi connectivity index (χ4n) is 1.04. The Morgan fingerprint density at radius 2 is 1.67 bits per heavy atom. The van der Waals surface area contributed by atoms with Gasteiger partial charge in [0.1, 0.15) is 0 Å². The molecule has 0 saturated carbocycles. The van der Waals surface area contributed by atoms with Gasteiger partial charge in [-0.1, -0.05) is 13.0 Å². The van der Waals surface area contributed by atoms with Crippen molar-refractivity contribution in [3.05, 3.63) is 12.2 Å². The van der Waals surface area contributed by atoms with Crippen molar-refractivity contribution in [3.63, 3.8) is 0 Å². The highest BCUT2D eigenvalue weighted by Gasteiger charge is 2.19. The third-order valence-corrected chi connectivity index (χ3v) is 2.43. The van der Waals surface area contributed by atoms with Gasteiger partial charge in [-0.05, 0) is 26.3 Å². The first-order valence-corrected chi connectivity index (χ1v) is 5.64. The van der Waals surface area contributed by atoms with E-state index in [1.807, 2.05) is 19.9 Å². The van der Waals surface area contributed by atoms with E-state index in [1.165, 1.54) is 0 Å². The largest absolute Gasteiger partial charge is 0.352 e. The Morgan fingerprint density at radius 1 is 1.17 bits per heavy atom. The minimum absolute atomic E-state index is 0.389. The highest BCUT2D eigenvalue weighted by atomic mass is 28.1. The Morgan fingerprint density at radius 3 is 2.00 bits per heavy atom. The molecule has 0 amide bonds. The molecule has 0 heterocycles. The van der Waals surface area contributed by atoms with Gasteiger partial charge in [0, 0.05) is 13.2 Å². The maximum atomic E-state index is 5.52. The van der Waals surface area contributed by atoms with Gasteiger partial charge in [0.05, 0.1) is 10.2 Å². The van der Waals surface area contributed by atoms with Crippen LogP contribution in [0.4, 0.5) is 0 Å². The molecule has 0 unspecified atom stereocenters. The second-order valence-corrected chi connectivity index (χ2v) is 4.09. The van der Waals surface area contributed by atoms with Crippen molar-refractivity contribution in [1.29, 1.82) is 0 Å². The molecule has 0 saturated heterocycles. The molecule has 0 spiro atoms. The second-order valence-electron chi connectivity index (χ2n) is 2.69. The zero-order chi connectivity index (χ0) is 9.45. The summed E-state index contributed by atoms with van der Waals surface area (Å²) in [6, 6.07) is 0. The third-order valence-electron chi connectivity index (χ3n) is 1.52. The van der Waals surface area contributed by atoms with Crippen LogP contribution in [0.3, 0.4) is 0 Å². The Labute approximate surface area is 78.4 Å². The molecule has 12 heavy (non-hydrogen) atoms. The number of rotatable bonds is 6. The molecule has 0 aromatic heterocycles. The van der Waals surface area contributed by atoms with Gasteiger partial charge in [0.15, 0.2) is 5.41 Å². The van der Waals surface area contributed by atoms with Gasteiger partial charge in [-0.3, -0.25) is 0 Å². The molecule has 0 rings (SSSR count). The minimum atomic E-state index is -0.389. The number of hydrogen-bond donors (Lipinski definition) is 0. The smallest absolute Gasteiger partial charge is 0.159 e. The topological polar surface area (TPSA) is 18.5 Å². The maximum absolute atomic E-state index is 5.52. The summed E-state index contributed by atoms with van der Waals surface area (Å²) in [4.78, 5) is 0. The predicted molar refractivity (Wildman–Crippen MR) is 55.4 cm³/mol. The molecule has 0 N–H and O–H groups in total. The first-order chi connectivity index (χ1) is 5.68. The lowest BCUT2D eigenvalue weighted by Gasteiger charge is -2.26. The molecule has 0 radical (unpaired) electrons. The number of ether oxygens (including phenoxy) is 2. The number of hydrogen-bond acceptors (Lipinski definition) is 2. The third kappa shape index (κ3) is 4.69. The molecule has 0 atom stereocenters. The van der Waals surface area contributed by atoms with Crippen LogP contribution in [0.5, 0.6) is 0 Å². The van der Waals surface area contributed by atoms with Crippen LogP contribution in [0.1, 0.15) is 27.2 Å². The van der Waals surface area contributed by atoms with Crippen LogP contribution >= 0.6 is 0 Å². The summed E-state index contributed by atoms with van der Waals surface area (Å²) in [7, 11) is 0.871. The monoisotopic (exact) mass is 188 g/mol. The standard InChI is InChI=1S/C9H20O2Si/c1-4-7-8-9(12,10-5-2)11-6-3/h7-8H,4-6H2,1-3,12H3/b8-7+. The normalized spacial score (nSPS) is 12.9. The van der Waals surface area contributed by atoms with Crippen molar-refractivity contribution in [3.8, 4) is 0 Å². The summed E-state index contributed by atoms with van der Waals surface area (Å²) in [5, 5.41) is 0. The van der Waals surface area contributed by atoms with Crippen molar-refractivity contribution < 1.29 is 9.47 Å². The first-order valence-electron chi connectivity index (χ1n) is 4.64. The fraction of sp³-hybridized carbons (Fsp3) is 0.778. The Bertz CT molecular complexity index is 128. The van der Waals surface area contributed by atoms with E-state index in [1.54, 1.807) is 0 Å². The van der Waals surface area contributed by atoms with Gasteiger partial charge in [-0.15, -0.1) is 0 Å². The van der Waals surface area contributed by atoms with Crippen LogP contribution in [0, 0.1) is 0 Å². The van der Waals surface area contributed by atoms with E-state index in [9.17, 15) is 0 Å². The van der Waals surface area contributed by atoms with Crippen LogP contribution in [0.2, 0.25) is 0 Å². The molecule has 0 fully saturated rings. The van der Waals surface area contributed by atoms with Crippen molar-refractivity contribution >= 4 is 10.2 Å². The Kier molecular flexibility index (Phi) is 6.33. The zero-order valence-electron chi connectivity index (χ0n) is 8.59. The highest BCUT2D eigenvalue weighted by Crippen LogP contribution is 2.10. The van der Waals surface area contributed by atoms with E-state index in [0.717, 1.165) is 16.7 Å². The average molecular weight is 188 g/mol. The summed E-state index contributed by atoms with van der Waals surface area (Å²) in [6.07, 6.45) is 5.16. The van der Waals surface area contributed by atoms with Gasteiger partial charge in [0.2, 0.25) is 0 Å². The van der Waals surface area contributed by atoms with E-state index in [2.05, 4.69) is 13.0 Å². The summed E-state index contributed by atoms with van der Waals surface area (Å²) in [5.74, 6) is 0. The zero-order valence-corrected chi connectivity index (χ0v) is 10.6. The highest BCUT2D eigenvalue weighted by molar-refractivity contribution is 6.14. The molecular formula is C9H20O2Si. The van der Waals surface area contributed by atoms with Crippen LogP contribution in [0.15, 0.2) is 12.2 Å². The van der Waals surface area contributed by atoms with Crippen LogP contribution in [0.25, 0.3) is 0 Å². The predicted octanol–water partition coefficient (Wildman–Crippen LogP) is 1.04. The van der Waals surface area contributed by atoms with Gasteiger partial charge >= 0.3 is 0 Å². The molecule has 72 valence electrons. The molecule has 3 heteroatoms. The van der Waals surface area contributed by atoms with Crippen LogP contribution in [-0.2, 0) is 9.47 Å². The maximum Gasteiger partial charge on any atom is 0.159 e. The van der Waals surface area contributed by atoms with Crippen molar-refractivity contribution in [2.75, 3.05) is 13.2 Å². The van der Waals surface area contributed by atoms with Crippen molar-refractivity contribution in [2.45, 2.75) is 32.6 Å². The summed E-state index contributed by atoms with van der Waals surface area (Å²) in [5.41, 5.74) is -0.389. The molecule has 0 bridgehead atoms. The lowest BCUT2D eigenvalue weighted by molar-refractivity contribution is -0.139. The summed E-state index contributed by atoms with van der Waals surface area (Å²) in [6.45, 7) is 7.50. The molecule has 0 aromatic rings. The van der Waals surface area contributed by atoms with Gasteiger partial charge in [-0.2, -0.15) is 0 Å². The quantitative estimate of drug-likeness (QED) is 0.352. The second kappa shape index (κ2) is 6.40. The van der Waals surface area contributed by atoms with E-state index >= 15 is 0 Å². The summed E-state index contributed by atoms with van der Waals surface area (Å²) < 4.78 is 11.0. The molecular weight excluding hydrogens is 168 g/mol. The molecule has 0 aliphatic heterocycles. The average Bonchev–Trinajstić information content (AvgIpc) is 2.02. The van der Waals surface area contributed by atoms with E-state index in [4.69, 9.17) is 9.47 Å². The lowest BCUT2D eigenvalue weighted by atomic mass is 10.4. The Balaban J connectivity index is 4.06. The SMILES string of the molecule is CC/C=C/C([SiH3])(OCC)OCC. The van der Waals surface area contributed by atoms with Gasteiger partial charge in [-0.25, -0.2) is 0 Å². The van der Waals surface area contributed by atoms with E-state index < -0.39 is 0 Å². The molecule has 2 nitrogen and oxygen atoms in total. The van der Waals surface area contributed by atoms with Crippen LogP contribution in [-0.4, -0.2) is 28.9 Å². The number of allylic oxidation sites excluding steroid dienone is 1. The lowest BCUT2D eigenvalue weighted by Crippen LogP contribution is -2.34. The molecule has 0 aliphatic carbocycles. The van der Waals surface area contributed by atoms with Crippen molar-refractivity contribution in [1.82, 2.24) is 0 Å². The van der Waals surface area contributed by atoms with E-state index in [-0.39, 0.29) is 5.41 Å². The molecule has 0 aromatic carbocycles.